The third-order valence-corrected chi connectivity index (χ3v) is 2.26. The molecule has 2 nitrogen and oxygen atoms in total. The molecular formula is C10H17F3N2. The van der Waals surface area contributed by atoms with E-state index in [0.717, 1.165) is 0 Å². The van der Waals surface area contributed by atoms with Crippen molar-refractivity contribution in [3.8, 4) is 12.3 Å². The molecule has 3 N–H and O–H groups in total. The summed E-state index contributed by atoms with van der Waals surface area (Å²) in [5.74, 6) is 2.38. The van der Waals surface area contributed by atoms with Crippen molar-refractivity contribution < 1.29 is 13.2 Å². The molecule has 0 rings (SSSR count). The molecule has 88 valence electrons. The van der Waals surface area contributed by atoms with Crippen LogP contribution in [0.1, 0.15) is 26.2 Å². The van der Waals surface area contributed by atoms with Gasteiger partial charge >= 0.3 is 6.18 Å². The fourth-order valence-corrected chi connectivity index (χ4v) is 1.21. The number of alkyl halides is 3. The highest BCUT2D eigenvalue weighted by molar-refractivity contribution is 4.93. The van der Waals surface area contributed by atoms with Crippen LogP contribution >= 0.6 is 0 Å². The number of nitrogens with one attached hydrogen (secondary N) is 1. The summed E-state index contributed by atoms with van der Waals surface area (Å²) >= 11 is 0. The Morgan fingerprint density at radius 3 is 2.33 bits per heavy atom. The Balaban J connectivity index is 3.94. The standard InChI is InChI=1S/C10H17F3N2/c1-3-7-15-9(2,8-14)5-4-6-10(11,12)13/h1,15H,4-8,14H2,2H3. The Morgan fingerprint density at radius 1 is 1.33 bits per heavy atom. The molecule has 0 fully saturated rings. The maximum atomic E-state index is 11.9. The van der Waals surface area contributed by atoms with Crippen molar-refractivity contribution in [3.63, 3.8) is 0 Å². The Hall–Kier alpha value is -0.730. The van der Waals surface area contributed by atoms with Crippen molar-refractivity contribution in [2.45, 2.75) is 37.9 Å². The first-order valence-corrected chi connectivity index (χ1v) is 4.78. The van der Waals surface area contributed by atoms with Gasteiger partial charge in [-0.2, -0.15) is 13.2 Å². The summed E-state index contributed by atoms with van der Waals surface area (Å²) in [5, 5.41) is 2.95. The molecule has 0 aromatic carbocycles. The van der Waals surface area contributed by atoms with Gasteiger partial charge in [-0.1, -0.05) is 5.92 Å². The summed E-state index contributed by atoms with van der Waals surface area (Å²) in [6.07, 6.45) is 0.612. The van der Waals surface area contributed by atoms with Gasteiger partial charge in [0, 0.05) is 18.5 Å². The van der Waals surface area contributed by atoms with E-state index in [1.807, 2.05) is 0 Å². The molecule has 0 amide bonds. The molecule has 0 saturated heterocycles. The largest absolute Gasteiger partial charge is 0.389 e. The van der Waals surface area contributed by atoms with Gasteiger partial charge in [0.15, 0.2) is 0 Å². The molecule has 0 aliphatic carbocycles. The van der Waals surface area contributed by atoms with Crippen molar-refractivity contribution >= 4 is 0 Å². The highest BCUT2D eigenvalue weighted by atomic mass is 19.4. The van der Waals surface area contributed by atoms with E-state index in [4.69, 9.17) is 12.2 Å². The predicted octanol–water partition coefficient (Wildman–Crippen LogP) is 1.66. The minimum atomic E-state index is -4.10. The van der Waals surface area contributed by atoms with Crippen molar-refractivity contribution in [2.24, 2.45) is 5.73 Å². The molecule has 0 aromatic heterocycles. The number of hydrogen-bond donors (Lipinski definition) is 2. The Bertz CT molecular complexity index is 220. The van der Waals surface area contributed by atoms with E-state index in [-0.39, 0.29) is 13.0 Å². The van der Waals surface area contributed by atoms with Crippen LogP contribution in [0.5, 0.6) is 0 Å². The van der Waals surface area contributed by atoms with Crippen LogP contribution in [0.2, 0.25) is 0 Å². The zero-order chi connectivity index (χ0) is 11.9. The number of halogens is 3. The maximum Gasteiger partial charge on any atom is 0.389 e. The van der Waals surface area contributed by atoms with E-state index >= 15 is 0 Å². The Kier molecular flexibility index (Phi) is 5.69. The highest BCUT2D eigenvalue weighted by Gasteiger charge is 2.29. The van der Waals surface area contributed by atoms with E-state index in [2.05, 4.69) is 11.2 Å². The van der Waals surface area contributed by atoms with Gasteiger partial charge < -0.3 is 5.73 Å². The molecule has 0 heterocycles. The third-order valence-electron chi connectivity index (χ3n) is 2.26. The van der Waals surface area contributed by atoms with E-state index in [9.17, 15) is 13.2 Å². The number of terminal acetylenes is 1. The summed E-state index contributed by atoms with van der Waals surface area (Å²) in [4.78, 5) is 0. The predicted molar refractivity (Wildman–Crippen MR) is 54.2 cm³/mol. The topological polar surface area (TPSA) is 38.0 Å². The van der Waals surface area contributed by atoms with E-state index in [1.165, 1.54) is 0 Å². The van der Waals surface area contributed by atoms with Crippen LogP contribution in [0.15, 0.2) is 0 Å². The number of hydrogen-bond acceptors (Lipinski definition) is 2. The van der Waals surface area contributed by atoms with Crippen molar-refractivity contribution in [3.05, 3.63) is 0 Å². The molecule has 0 aliphatic heterocycles. The van der Waals surface area contributed by atoms with Gasteiger partial charge in [0.05, 0.1) is 6.54 Å². The van der Waals surface area contributed by atoms with Gasteiger partial charge in [-0.25, -0.2) is 0 Å². The first kappa shape index (κ1) is 14.3. The quantitative estimate of drug-likeness (QED) is 0.671. The van der Waals surface area contributed by atoms with Gasteiger partial charge in [-0.3, -0.25) is 5.32 Å². The molecule has 0 spiro atoms. The summed E-state index contributed by atoms with van der Waals surface area (Å²) in [5.41, 5.74) is 4.98. The van der Waals surface area contributed by atoms with Crippen molar-refractivity contribution in [2.75, 3.05) is 13.1 Å². The van der Waals surface area contributed by atoms with Crippen LogP contribution in [0.25, 0.3) is 0 Å². The minimum Gasteiger partial charge on any atom is -0.329 e. The molecule has 0 saturated carbocycles. The number of rotatable bonds is 6. The molecule has 1 unspecified atom stereocenters. The summed E-state index contributed by atoms with van der Waals surface area (Å²) in [6, 6.07) is 0. The Labute approximate surface area is 88.4 Å². The Morgan fingerprint density at radius 2 is 1.93 bits per heavy atom. The molecule has 0 radical (unpaired) electrons. The second-order valence-corrected chi connectivity index (χ2v) is 3.79. The fraction of sp³-hybridized carbons (Fsp3) is 0.800. The monoisotopic (exact) mass is 222 g/mol. The van der Waals surface area contributed by atoms with Crippen LogP contribution in [-0.2, 0) is 0 Å². The lowest BCUT2D eigenvalue weighted by atomic mass is 9.95. The van der Waals surface area contributed by atoms with Crippen LogP contribution in [-0.4, -0.2) is 24.8 Å². The zero-order valence-corrected chi connectivity index (χ0v) is 8.82. The van der Waals surface area contributed by atoms with Crippen molar-refractivity contribution in [1.82, 2.24) is 5.32 Å². The highest BCUT2D eigenvalue weighted by Crippen LogP contribution is 2.24. The lowest BCUT2D eigenvalue weighted by Gasteiger charge is -2.28. The summed E-state index contributed by atoms with van der Waals surface area (Å²) in [7, 11) is 0. The lowest BCUT2D eigenvalue weighted by molar-refractivity contribution is -0.136. The molecule has 15 heavy (non-hydrogen) atoms. The van der Waals surface area contributed by atoms with Crippen molar-refractivity contribution in [1.29, 1.82) is 0 Å². The normalized spacial score (nSPS) is 15.7. The third kappa shape index (κ3) is 7.23. The molecule has 0 aliphatic rings. The average molecular weight is 222 g/mol. The van der Waals surface area contributed by atoms with E-state index < -0.39 is 18.1 Å². The van der Waals surface area contributed by atoms with Gasteiger partial charge in [0.1, 0.15) is 0 Å². The molecule has 5 heteroatoms. The first-order valence-electron chi connectivity index (χ1n) is 4.78. The molecular weight excluding hydrogens is 205 g/mol. The zero-order valence-electron chi connectivity index (χ0n) is 8.82. The minimum absolute atomic E-state index is 0.0643. The van der Waals surface area contributed by atoms with Gasteiger partial charge in [-0.05, 0) is 19.8 Å². The molecule has 0 aromatic rings. The van der Waals surface area contributed by atoms with Gasteiger partial charge in [0.25, 0.3) is 0 Å². The van der Waals surface area contributed by atoms with E-state index in [0.29, 0.717) is 13.0 Å². The van der Waals surface area contributed by atoms with Gasteiger partial charge in [0.2, 0.25) is 0 Å². The van der Waals surface area contributed by atoms with Crippen LogP contribution in [0.3, 0.4) is 0 Å². The first-order chi connectivity index (χ1) is 6.83. The van der Waals surface area contributed by atoms with Crippen LogP contribution < -0.4 is 11.1 Å². The SMILES string of the molecule is C#CCNC(C)(CN)CCCC(F)(F)F. The molecule has 0 bridgehead atoms. The lowest BCUT2D eigenvalue weighted by Crippen LogP contribution is -2.48. The second kappa shape index (κ2) is 5.99. The second-order valence-electron chi connectivity index (χ2n) is 3.79. The average Bonchev–Trinajstić information content (AvgIpc) is 2.13. The summed E-state index contributed by atoms with van der Waals surface area (Å²) < 4.78 is 35.7. The van der Waals surface area contributed by atoms with Crippen LogP contribution in [0.4, 0.5) is 13.2 Å². The summed E-state index contributed by atoms with van der Waals surface area (Å²) in [6.45, 7) is 2.37. The maximum absolute atomic E-state index is 11.9. The fourth-order valence-electron chi connectivity index (χ4n) is 1.21. The van der Waals surface area contributed by atoms with Crippen LogP contribution in [0, 0.1) is 12.3 Å². The smallest absolute Gasteiger partial charge is 0.329 e. The number of nitrogens with two attached hydrogens (primary N) is 1. The molecule has 1 atom stereocenters. The van der Waals surface area contributed by atoms with Gasteiger partial charge in [-0.15, -0.1) is 6.42 Å². The van der Waals surface area contributed by atoms with E-state index in [1.54, 1.807) is 6.92 Å².